The second kappa shape index (κ2) is 12.2. The van der Waals surface area contributed by atoms with Gasteiger partial charge in [0.1, 0.15) is 11.5 Å². The summed E-state index contributed by atoms with van der Waals surface area (Å²) in [6.07, 6.45) is 0.762. The van der Waals surface area contributed by atoms with Gasteiger partial charge in [-0.15, -0.1) is 0 Å². The topological polar surface area (TPSA) is 47.9 Å². The molecule has 7 aromatic carbocycles. The first kappa shape index (κ1) is 31.1. The van der Waals surface area contributed by atoms with Gasteiger partial charge >= 0.3 is 0 Å². The Morgan fingerprint density at radius 1 is 0.434 bits per heavy atom. The smallest absolute Gasteiger partial charge is 0.164 e. The van der Waals surface area contributed by atoms with Gasteiger partial charge in [-0.3, -0.25) is 0 Å². The molecule has 0 amide bonds. The van der Waals surface area contributed by atoms with Gasteiger partial charge in [0.15, 0.2) is 17.5 Å². The monoisotopic (exact) mass is 681 g/mol. The largest absolute Gasteiger partial charge is 0.457 e. The van der Waals surface area contributed by atoms with Crippen LogP contribution in [0.1, 0.15) is 36.1 Å². The predicted octanol–water partition coefficient (Wildman–Crippen LogP) is 12.2. The fourth-order valence-electron chi connectivity index (χ4n) is 8.17. The highest BCUT2D eigenvalue weighted by Gasteiger charge is 2.36. The van der Waals surface area contributed by atoms with Crippen LogP contribution in [0.25, 0.3) is 67.5 Å². The quantitative estimate of drug-likeness (QED) is 0.181. The second-order valence-corrected chi connectivity index (χ2v) is 14.4. The van der Waals surface area contributed by atoms with E-state index in [0.717, 1.165) is 45.7 Å². The van der Waals surface area contributed by atoms with Gasteiger partial charge < -0.3 is 4.74 Å². The van der Waals surface area contributed by atoms with E-state index in [0.29, 0.717) is 17.5 Å². The molecule has 0 N–H and O–H groups in total. The van der Waals surface area contributed by atoms with Crippen molar-refractivity contribution < 1.29 is 4.74 Å². The van der Waals surface area contributed by atoms with Crippen LogP contribution in [-0.2, 0) is 11.8 Å². The number of hydrogen-bond acceptors (Lipinski definition) is 4. The summed E-state index contributed by atoms with van der Waals surface area (Å²) in [6.45, 7) is 4.67. The van der Waals surface area contributed by atoms with Gasteiger partial charge in [-0.2, -0.15) is 0 Å². The maximum atomic E-state index is 6.62. The summed E-state index contributed by atoms with van der Waals surface area (Å²) in [5, 5.41) is 0. The van der Waals surface area contributed by atoms with E-state index in [4.69, 9.17) is 19.7 Å². The Morgan fingerprint density at radius 3 is 1.74 bits per heavy atom. The van der Waals surface area contributed by atoms with Crippen LogP contribution in [0.15, 0.2) is 164 Å². The van der Waals surface area contributed by atoms with Crippen molar-refractivity contribution in [3.63, 3.8) is 0 Å². The summed E-state index contributed by atoms with van der Waals surface area (Å²) in [4.78, 5) is 14.9. The molecule has 0 bridgehead atoms. The first-order valence-electron chi connectivity index (χ1n) is 18.2. The molecule has 0 radical (unpaired) electrons. The number of benzene rings is 7. The Morgan fingerprint density at radius 2 is 0.981 bits per heavy atom. The normalized spacial score (nSPS) is 13.3. The molecule has 0 saturated heterocycles. The van der Waals surface area contributed by atoms with Gasteiger partial charge in [0, 0.05) is 34.1 Å². The molecule has 2 aliphatic rings. The number of rotatable bonds is 5. The van der Waals surface area contributed by atoms with Crippen molar-refractivity contribution in [1.29, 1.82) is 0 Å². The van der Waals surface area contributed by atoms with Gasteiger partial charge in [0.05, 0.1) is 0 Å². The van der Waals surface area contributed by atoms with Crippen LogP contribution in [0.2, 0.25) is 0 Å². The molecule has 0 atom stereocenters. The standard InChI is InChI=1S/C49H35N3O/c1-49(2)41-23-10-9-20-39(41)45-38(22-12-24-42(45)49)34-26-27-43-36(29-34)30-40-37(21-13-25-44(40)53-43)33-18-11-19-35(28-33)48-51-46(31-14-5-3-6-15-31)50-47(52-48)32-16-7-4-8-17-32/h3-29H,30H2,1-2H3. The van der Waals surface area contributed by atoms with Crippen LogP contribution < -0.4 is 4.74 Å². The third kappa shape index (κ3) is 5.25. The van der Waals surface area contributed by atoms with E-state index < -0.39 is 0 Å². The minimum atomic E-state index is -0.0465. The molecule has 4 nitrogen and oxygen atoms in total. The Labute approximate surface area is 309 Å². The van der Waals surface area contributed by atoms with E-state index in [2.05, 4.69) is 117 Å². The SMILES string of the molecule is CC1(C)c2ccccc2-c2c(-c3ccc4c(c3)Cc3c(cccc3-c3cccc(-c5nc(-c6ccccc6)nc(-c6ccccc6)n5)c3)O4)cccc21. The van der Waals surface area contributed by atoms with Crippen molar-refractivity contribution in [2.24, 2.45) is 0 Å². The highest BCUT2D eigenvalue weighted by molar-refractivity contribution is 5.93. The molecule has 0 unspecified atom stereocenters. The predicted molar refractivity (Wildman–Crippen MR) is 214 cm³/mol. The molecule has 0 spiro atoms. The van der Waals surface area contributed by atoms with Crippen LogP contribution in [-0.4, -0.2) is 15.0 Å². The van der Waals surface area contributed by atoms with Crippen molar-refractivity contribution in [2.75, 3.05) is 0 Å². The van der Waals surface area contributed by atoms with E-state index >= 15 is 0 Å². The molecule has 0 fully saturated rings. The molecule has 252 valence electrons. The molecule has 10 rings (SSSR count). The zero-order chi connectivity index (χ0) is 35.5. The minimum absolute atomic E-state index is 0.0465. The molecule has 2 heterocycles. The molecule has 1 aromatic heterocycles. The molecule has 0 saturated carbocycles. The first-order chi connectivity index (χ1) is 26.0. The van der Waals surface area contributed by atoms with Gasteiger partial charge in [0.25, 0.3) is 0 Å². The number of aromatic nitrogens is 3. The maximum Gasteiger partial charge on any atom is 0.164 e. The van der Waals surface area contributed by atoms with Gasteiger partial charge in [-0.25, -0.2) is 15.0 Å². The molecule has 8 aromatic rings. The average molecular weight is 682 g/mol. The molecular formula is C49H35N3O. The highest BCUT2D eigenvalue weighted by Crippen LogP contribution is 2.52. The van der Waals surface area contributed by atoms with Crippen LogP contribution in [0, 0.1) is 0 Å². The van der Waals surface area contributed by atoms with Crippen LogP contribution >= 0.6 is 0 Å². The Kier molecular flexibility index (Phi) is 7.19. The van der Waals surface area contributed by atoms with E-state index in [1.54, 1.807) is 0 Å². The van der Waals surface area contributed by atoms with Crippen molar-refractivity contribution in [1.82, 2.24) is 15.0 Å². The van der Waals surface area contributed by atoms with Gasteiger partial charge in [0.2, 0.25) is 0 Å². The number of nitrogens with zero attached hydrogens (tertiary/aromatic N) is 3. The maximum absolute atomic E-state index is 6.62. The van der Waals surface area contributed by atoms with Crippen LogP contribution in [0.4, 0.5) is 0 Å². The zero-order valence-corrected chi connectivity index (χ0v) is 29.5. The van der Waals surface area contributed by atoms with Crippen molar-refractivity contribution in [3.05, 3.63) is 186 Å². The lowest BCUT2D eigenvalue weighted by Gasteiger charge is -2.24. The fourth-order valence-corrected chi connectivity index (χ4v) is 8.17. The van der Waals surface area contributed by atoms with Crippen molar-refractivity contribution in [2.45, 2.75) is 25.7 Å². The number of hydrogen-bond donors (Lipinski definition) is 0. The summed E-state index contributed by atoms with van der Waals surface area (Å²) < 4.78 is 6.62. The molecule has 1 aliphatic carbocycles. The van der Waals surface area contributed by atoms with E-state index in [9.17, 15) is 0 Å². The Hall–Kier alpha value is -6.65. The van der Waals surface area contributed by atoms with Gasteiger partial charge in [-0.1, -0.05) is 153 Å². The number of ether oxygens (including phenoxy) is 1. The van der Waals surface area contributed by atoms with Gasteiger partial charge in [-0.05, 0) is 74.3 Å². The average Bonchev–Trinajstić information content (AvgIpc) is 3.46. The fraction of sp³-hybridized carbons (Fsp3) is 0.0816. The highest BCUT2D eigenvalue weighted by atomic mass is 16.5. The Balaban J connectivity index is 1.04. The lowest BCUT2D eigenvalue weighted by Crippen LogP contribution is -2.14. The summed E-state index contributed by atoms with van der Waals surface area (Å²) in [5.74, 6) is 3.73. The van der Waals surface area contributed by atoms with Crippen molar-refractivity contribution in [3.8, 4) is 79.0 Å². The number of fused-ring (bicyclic) bond motifs is 5. The van der Waals surface area contributed by atoms with Crippen LogP contribution in [0.5, 0.6) is 11.5 Å². The lowest BCUT2D eigenvalue weighted by molar-refractivity contribution is 0.460. The van der Waals surface area contributed by atoms with Crippen LogP contribution in [0.3, 0.4) is 0 Å². The summed E-state index contributed by atoms with van der Waals surface area (Å²) in [7, 11) is 0. The van der Waals surface area contributed by atoms with E-state index in [1.165, 1.54) is 44.5 Å². The molecule has 53 heavy (non-hydrogen) atoms. The van der Waals surface area contributed by atoms with Crippen molar-refractivity contribution >= 4 is 0 Å². The second-order valence-electron chi connectivity index (χ2n) is 14.4. The molecule has 4 heteroatoms. The Bertz CT molecular complexity index is 2640. The lowest BCUT2D eigenvalue weighted by atomic mass is 9.82. The zero-order valence-electron chi connectivity index (χ0n) is 29.5. The minimum Gasteiger partial charge on any atom is -0.457 e. The summed E-state index contributed by atoms with van der Waals surface area (Å²) >= 11 is 0. The molecular weight excluding hydrogens is 647 g/mol. The third-order valence-electron chi connectivity index (χ3n) is 10.8. The first-order valence-corrected chi connectivity index (χ1v) is 18.2. The third-order valence-corrected chi connectivity index (χ3v) is 10.8. The summed E-state index contributed by atoms with van der Waals surface area (Å²) in [5.41, 5.74) is 15.3. The molecule has 1 aliphatic heterocycles. The van der Waals surface area contributed by atoms with E-state index in [-0.39, 0.29) is 5.41 Å². The van der Waals surface area contributed by atoms with E-state index in [1.807, 2.05) is 60.7 Å². The summed E-state index contributed by atoms with van der Waals surface area (Å²) in [6, 6.07) is 57.3.